The number of rotatable bonds is 3. The number of benzene rings is 1. The van der Waals surface area contributed by atoms with Crippen molar-refractivity contribution in [3.63, 3.8) is 0 Å². The van der Waals surface area contributed by atoms with E-state index in [-0.39, 0.29) is 36.9 Å². The Kier molecular flexibility index (Phi) is 4.43. The molecule has 5 rings (SSSR count). The lowest BCUT2D eigenvalue weighted by atomic mass is 9.97. The van der Waals surface area contributed by atoms with Crippen molar-refractivity contribution in [2.75, 3.05) is 16.8 Å². The molecule has 3 heterocycles. The van der Waals surface area contributed by atoms with Gasteiger partial charge in [0, 0.05) is 17.8 Å². The fraction of sp³-hybridized carbons (Fsp3) is 0.333. The average Bonchev–Trinajstić information content (AvgIpc) is 3.11. The largest absolute Gasteiger partial charge is 0.323 e. The quantitative estimate of drug-likeness (QED) is 0.722. The molecule has 2 amide bonds. The summed E-state index contributed by atoms with van der Waals surface area (Å²) in [6.45, 7) is 0.228. The van der Waals surface area contributed by atoms with Crippen LogP contribution in [0.1, 0.15) is 29.7 Å². The number of para-hydroxylation sites is 2. The predicted octanol–water partition coefficient (Wildman–Crippen LogP) is 2.71. The predicted molar refractivity (Wildman–Crippen MR) is 113 cm³/mol. The topological polar surface area (TPSA) is 84.3 Å². The van der Waals surface area contributed by atoms with Crippen LogP contribution < -0.4 is 15.8 Å². The number of nitrogens with one attached hydrogen (secondary N) is 1. The van der Waals surface area contributed by atoms with Crippen molar-refractivity contribution < 1.29 is 9.59 Å². The molecule has 0 saturated heterocycles. The molecule has 0 atom stereocenters. The summed E-state index contributed by atoms with van der Waals surface area (Å²) in [5.74, 6) is -0.408. The summed E-state index contributed by atoms with van der Waals surface area (Å²) in [7, 11) is 0. The zero-order chi connectivity index (χ0) is 20.0. The van der Waals surface area contributed by atoms with E-state index in [4.69, 9.17) is 0 Å². The number of aromatic nitrogens is 2. The second kappa shape index (κ2) is 7.11. The van der Waals surface area contributed by atoms with Crippen molar-refractivity contribution in [3.05, 3.63) is 51.4 Å². The van der Waals surface area contributed by atoms with E-state index < -0.39 is 0 Å². The summed E-state index contributed by atoms with van der Waals surface area (Å²) in [5, 5.41) is 3.50. The van der Waals surface area contributed by atoms with E-state index in [1.807, 2.05) is 18.2 Å². The van der Waals surface area contributed by atoms with Crippen molar-refractivity contribution in [2.24, 2.45) is 0 Å². The lowest BCUT2D eigenvalue weighted by Gasteiger charge is -2.29. The Morgan fingerprint density at radius 2 is 2.00 bits per heavy atom. The third-order valence-electron chi connectivity index (χ3n) is 5.58. The van der Waals surface area contributed by atoms with Gasteiger partial charge in [-0.05, 0) is 43.4 Å². The van der Waals surface area contributed by atoms with Crippen LogP contribution in [0, 0.1) is 0 Å². The van der Waals surface area contributed by atoms with E-state index in [1.54, 1.807) is 17.4 Å². The number of nitrogens with zero attached hydrogens (tertiary/aromatic N) is 3. The van der Waals surface area contributed by atoms with Crippen LogP contribution in [0.4, 0.5) is 11.4 Å². The fourth-order valence-corrected chi connectivity index (χ4v) is 5.37. The molecule has 1 aromatic carbocycles. The van der Waals surface area contributed by atoms with Crippen molar-refractivity contribution in [3.8, 4) is 0 Å². The van der Waals surface area contributed by atoms with Gasteiger partial charge in [-0.15, -0.1) is 11.3 Å². The van der Waals surface area contributed by atoms with Gasteiger partial charge in [0.05, 0.1) is 23.1 Å². The molecule has 0 unspecified atom stereocenters. The first kappa shape index (κ1) is 18.1. The zero-order valence-corrected chi connectivity index (χ0v) is 16.6. The number of anilines is 2. The van der Waals surface area contributed by atoms with Gasteiger partial charge in [-0.3, -0.25) is 19.0 Å². The molecule has 0 bridgehead atoms. The number of hydrogen-bond acceptors (Lipinski definition) is 5. The molecular formula is C21H20N4O3S. The highest BCUT2D eigenvalue weighted by atomic mass is 32.1. The maximum Gasteiger partial charge on any atom is 0.262 e. The highest BCUT2D eigenvalue weighted by Crippen LogP contribution is 2.33. The molecular weight excluding hydrogens is 388 g/mol. The molecule has 0 radical (unpaired) electrons. The summed E-state index contributed by atoms with van der Waals surface area (Å²) in [4.78, 5) is 45.9. The van der Waals surface area contributed by atoms with E-state index in [0.717, 1.165) is 41.5 Å². The number of carbonyl (C=O) groups excluding carboxylic acids is 2. The highest BCUT2D eigenvalue weighted by molar-refractivity contribution is 7.18. The Hall–Kier alpha value is -3.00. The SMILES string of the molecule is O=C1CN(C(=O)CCn2cnc3sc4c(c3c2=O)CCCC4)c2ccccc2N1. The van der Waals surface area contributed by atoms with Crippen LogP contribution in [0.15, 0.2) is 35.4 Å². The van der Waals surface area contributed by atoms with E-state index in [0.29, 0.717) is 11.4 Å². The van der Waals surface area contributed by atoms with Crippen LogP contribution in [0.25, 0.3) is 10.2 Å². The van der Waals surface area contributed by atoms with Crippen molar-refractivity contribution in [1.29, 1.82) is 0 Å². The Balaban J connectivity index is 1.40. The van der Waals surface area contributed by atoms with Crippen molar-refractivity contribution in [2.45, 2.75) is 38.6 Å². The van der Waals surface area contributed by atoms with Gasteiger partial charge < -0.3 is 10.2 Å². The first-order valence-corrected chi connectivity index (χ1v) is 10.6. The standard InChI is InChI=1S/C21H20N4O3S/c26-17-11-25(15-7-3-2-6-14(15)23-17)18(27)9-10-24-12-22-20-19(21(24)28)13-5-1-4-8-16(13)29-20/h2-3,6-7,12H,1,4-5,8-11H2,(H,23,26). The molecule has 0 spiro atoms. The van der Waals surface area contributed by atoms with Crippen LogP contribution in [0.2, 0.25) is 0 Å². The molecule has 1 N–H and O–H groups in total. The minimum Gasteiger partial charge on any atom is -0.323 e. The summed E-state index contributed by atoms with van der Waals surface area (Å²) in [5.41, 5.74) is 2.39. The Labute approximate surface area is 171 Å². The van der Waals surface area contributed by atoms with Gasteiger partial charge in [-0.1, -0.05) is 12.1 Å². The zero-order valence-electron chi connectivity index (χ0n) is 15.8. The van der Waals surface area contributed by atoms with Gasteiger partial charge >= 0.3 is 0 Å². The Bertz CT molecular complexity index is 1200. The van der Waals surface area contributed by atoms with Crippen LogP contribution in [0.3, 0.4) is 0 Å². The maximum absolute atomic E-state index is 13.0. The minimum atomic E-state index is -0.220. The third kappa shape index (κ3) is 3.13. The smallest absolute Gasteiger partial charge is 0.262 e. The summed E-state index contributed by atoms with van der Waals surface area (Å²) in [6.07, 6.45) is 5.87. The molecule has 2 aliphatic rings. The van der Waals surface area contributed by atoms with Crippen molar-refractivity contribution in [1.82, 2.24) is 9.55 Å². The highest BCUT2D eigenvalue weighted by Gasteiger charge is 2.26. The van der Waals surface area contributed by atoms with E-state index in [1.165, 1.54) is 20.7 Å². The van der Waals surface area contributed by atoms with E-state index in [2.05, 4.69) is 10.3 Å². The minimum absolute atomic E-state index is 0.0138. The van der Waals surface area contributed by atoms with Crippen molar-refractivity contribution >= 4 is 44.7 Å². The average molecular weight is 408 g/mol. The molecule has 2 aromatic heterocycles. The van der Waals surface area contributed by atoms with Crippen LogP contribution >= 0.6 is 11.3 Å². The molecule has 7 nitrogen and oxygen atoms in total. The lowest BCUT2D eigenvalue weighted by molar-refractivity contribution is -0.122. The molecule has 0 saturated carbocycles. The van der Waals surface area contributed by atoms with Gasteiger partial charge in [-0.25, -0.2) is 4.98 Å². The first-order chi connectivity index (χ1) is 14.1. The lowest BCUT2D eigenvalue weighted by Crippen LogP contribution is -2.42. The Morgan fingerprint density at radius 1 is 1.17 bits per heavy atom. The fourth-order valence-electron chi connectivity index (χ4n) is 4.15. The van der Waals surface area contributed by atoms with Gasteiger partial charge in [-0.2, -0.15) is 0 Å². The normalized spacial score (nSPS) is 15.7. The van der Waals surface area contributed by atoms with Crippen LogP contribution in [-0.2, 0) is 29.0 Å². The van der Waals surface area contributed by atoms with E-state index in [9.17, 15) is 14.4 Å². The Morgan fingerprint density at radius 3 is 2.90 bits per heavy atom. The number of fused-ring (bicyclic) bond motifs is 4. The van der Waals surface area contributed by atoms with Gasteiger partial charge in [0.25, 0.3) is 5.56 Å². The van der Waals surface area contributed by atoms with Crippen LogP contribution in [-0.4, -0.2) is 27.9 Å². The summed E-state index contributed by atoms with van der Waals surface area (Å²) >= 11 is 1.62. The maximum atomic E-state index is 13.0. The molecule has 29 heavy (non-hydrogen) atoms. The molecule has 8 heteroatoms. The third-order valence-corrected chi connectivity index (χ3v) is 6.78. The molecule has 3 aromatic rings. The second-order valence-electron chi connectivity index (χ2n) is 7.43. The number of hydrogen-bond donors (Lipinski definition) is 1. The van der Waals surface area contributed by atoms with Gasteiger partial charge in [0.15, 0.2) is 0 Å². The van der Waals surface area contributed by atoms with Crippen LogP contribution in [0.5, 0.6) is 0 Å². The summed E-state index contributed by atoms with van der Waals surface area (Å²) < 4.78 is 1.53. The van der Waals surface area contributed by atoms with Gasteiger partial charge in [0.2, 0.25) is 11.8 Å². The number of thiophene rings is 1. The first-order valence-electron chi connectivity index (χ1n) is 9.81. The van der Waals surface area contributed by atoms with Gasteiger partial charge in [0.1, 0.15) is 11.4 Å². The second-order valence-corrected chi connectivity index (χ2v) is 8.51. The molecule has 148 valence electrons. The van der Waals surface area contributed by atoms with E-state index >= 15 is 0 Å². The number of amides is 2. The monoisotopic (exact) mass is 408 g/mol. The number of aryl methyl sites for hydroxylation is 3. The molecule has 1 aliphatic carbocycles. The summed E-state index contributed by atoms with van der Waals surface area (Å²) in [6, 6.07) is 7.23. The number of carbonyl (C=O) groups is 2. The molecule has 0 fully saturated rings. The molecule has 1 aliphatic heterocycles.